The molecular formula is C19H24N4O2. The molecule has 0 spiro atoms. The fourth-order valence-corrected chi connectivity index (χ4v) is 3.16. The van der Waals surface area contributed by atoms with Crippen molar-refractivity contribution in [1.29, 1.82) is 0 Å². The molecule has 132 valence electrons. The van der Waals surface area contributed by atoms with Crippen molar-refractivity contribution in [1.82, 2.24) is 9.88 Å². The van der Waals surface area contributed by atoms with E-state index in [0.29, 0.717) is 18.7 Å². The van der Waals surface area contributed by atoms with Crippen LogP contribution < -0.4 is 11.1 Å². The highest BCUT2D eigenvalue weighted by Crippen LogP contribution is 2.22. The number of nitrogens with one attached hydrogen (secondary N) is 1. The molecule has 6 nitrogen and oxygen atoms in total. The fourth-order valence-electron chi connectivity index (χ4n) is 3.16. The SMILES string of the molecule is CC(C)[C@H](N)C(=O)N1CCC[C@H]1C(=O)Nc1ccc2ncccc2c1. The highest BCUT2D eigenvalue weighted by Gasteiger charge is 2.36. The molecule has 2 atom stereocenters. The Morgan fingerprint density at radius 3 is 2.88 bits per heavy atom. The van der Waals surface area contributed by atoms with Gasteiger partial charge in [0.2, 0.25) is 11.8 Å². The zero-order valence-electron chi connectivity index (χ0n) is 14.6. The molecule has 1 aromatic heterocycles. The third-order valence-corrected chi connectivity index (χ3v) is 4.71. The van der Waals surface area contributed by atoms with E-state index in [1.165, 1.54) is 0 Å². The largest absolute Gasteiger partial charge is 0.329 e. The second-order valence-electron chi connectivity index (χ2n) is 6.86. The maximum absolute atomic E-state index is 12.7. The Morgan fingerprint density at radius 1 is 1.32 bits per heavy atom. The van der Waals surface area contributed by atoms with E-state index in [9.17, 15) is 9.59 Å². The van der Waals surface area contributed by atoms with Gasteiger partial charge in [-0.25, -0.2) is 0 Å². The van der Waals surface area contributed by atoms with Crippen LogP contribution in [0.25, 0.3) is 10.9 Å². The lowest BCUT2D eigenvalue weighted by Crippen LogP contribution is -2.51. The molecule has 25 heavy (non-hydrogen) atoms. The molecule has 0 bridgehead atoms. The first kappa shape index (κ1) is 17.4. The van der Waals surface area contributed by atoms with E-state index in [4.69, 9.17) is 5.73 Å². The third-order valence-electron chi connectivity index (χ3n) is 4.71. The minimum Gasteiger partial charge on any atom is -0.329 e. The number of pyridine rings is 1. The number of likely N-dealkylation sites (tertiary alicyclic amines) is 1. The number of amides is 2. The van der Waals surface area contributed by atoms with Crippen molar-refractivity contribution in [3.05, 3.63) is 36.5 Å². The van der Waals surface area contributed by atoms with Crippen LogP contribution in [-0.2, 0) is 9.59 Å². The van der Waals surface area contributed by atoms with Gasteiger partial charge in [-0.3, -0.25) is 14.6 Å². The van der Waals surface area contributed by atoms with Gasteiger partial charge in [0.25, 0.3) is 0 Å². The number of nitrogens with zero attached hydrogens (tertiary/aromatic N) is 2. The summed E-state index contributed by atoms with van der Waals surface area (Å²) in [6.45, 7) is 4.41. The van der Waals surface area contributed by atoms with Crippen molar-refractivity contribution in [2.75, 3.05) is 11.9 Å². The van der Waals surface area contributed by atoms with Crippen molar-refractivity contribution in [3.8, 4) is 0 Å². The van der Waals surface area contributed by atoms with Crippen molar-refractivity contribution in [3.63, 3.8) is 0 Å². The molecule has 3 rings (SSSR count). The van der Waals surface area contributed by atoms with Gasteiger partial charge in [-0.1, -0.05) is 19.9 Å². The molecule has 0 saturated carbocycles. The van der Waals surface area contributed by atoms with Gasteiger partial charge in [0.15, 0.2) is 0 Å². The Bertz CT molecular complexity index is 790. The van der Waals surface area contributed by atoms with Crippen LogP contribution in [0.2, 0.25) is 0 Å². The highest BCUT2D eigenvalue weighted by molar-refractivity contribution is 5.99. The zero-order chi connectivity index (χ0) is 18.0. The van der Waals surface area contributed by atoms with Gasteiger partial charge in [-0.05, 0) is 43.0 Å². The van der Waals surface area contributed by atoms with Crippen molar-refractivity contribution >= 4 is 28.4 Å². The number of aromatic nitrogens is 1. The van der Waals surface area contributed by atoms with Crippen LogP contribution in [0.1, 0.15) is 26.7 Å². The van der Waals surface area contributed by atoms with Crippen molar-refractivity contribution < 1.29 is 9.59 Å². The second-order valence-corrected chi connectivity index (χ2v) is 6.86. The van der Waals surface area contributed by atoms with Crippen LogP contribution in [0.4, 0.5) is 5.69 Å². The van der Waals surface area contributed by atoms with E-state index in [1.54, 1.807) is 11.1 Å². The zero-order valence-corrected chi connectivity index (χ0v) is 14.6. The van der Waals surface area contributed by atoms with E-state index >= 15 is 0 Å². The van der Waals surface area contributed by atoms with Gasteiger partial charge in [0, 0.05) is 23.8 Å². The van der Waals surface area contributed by atoms with Crippen LogP contribution in [0.3, 0.4) is 0 Å². The van der Waals surface area contributed by atoms with Crippen LogP contribution in [0.15, 0.2) is 36.5 Å². The highest BCUT2D eigenvalue weighted by atomic mass is 16.2. The molecule has 6 heteroatoms. The summed E-state index contributed by atoms with van der Waals surface area (Å²) < 4.78 is 0. The topological polar surface area (TPSA) is 88.3 Å². The minimum atomic E-state index is -0.569. The van der Waals surface area contributed by atoms with Gasteiger partial charge < -0.3 is 16.0 Å². The summed E-state index contributed by atoms with van der Waals surface area (Å²) in [5.74, 6) is -0.259. The molecule has 2 amide bonds. The molecule has 3 N–H and O–H groups in total. The Kier molecular flexibility index (Phi) is 4.99. The number of anilines is 1. The smallest absolute Gasteiger partial charge is 0.247 e. The van der Waals surface area contributed by atoms with Gasteiger partial charge in [-0.15, -0.1) is 0 Å². The van der Waals surface area contributed by atoms with Crippen LogP contribution in [0.5, 0.6) is 0 Å². The summed E-state index contributed by atoms with van der Waals surface area (Å²) in [6.07, 6.45) is 3.22. The number of fused-ring (bicyclic) bond motifs is 1. The predicted molar refractivity (Wildman–Crippen MR) is 97.9 cm³/mol. The number of carbonyl (C=O) groups is 2. The number of benzene rings is 1. The van der Waals surface area contributed by atoms with Gasteiger partial charge >= 0.3 is 0 Å². The van der Waals surface area contributed by atoms with E-state index in [0.717, 1.165) is 17.3 Å². The lowest BCUT2D eigenvalue weighted by molar-refractivity contribution is -0.138. The third kappa shape index (κ3) is 3.64. The standard InChI is InChI=1S/C19H24N4O2/c1-12(2)17(20)19(25)23-10-4-6-16(23)18(24)22-14-7-8-15-13(11-14)5-3-9-21-15/h3,5,7-9,11-12,16-17H,4,6,10,20H2,1-2H3,(H,22,24)/t16-,17-/m0/s1. The van der Waals surface area contributed by atoms with Crippen LogP contribution in [-0.4, -0.2) is 40.3 Å². The van der Waals surface area contributed by atoms with E-state index in [1.807, 2.05) is 44.2 Å². The summed E-state index contributed by atoms with van der Waals surface area (Å²) in [5, 5.41) is 3.89. The Balaban J connectivity index is 1.73. The van der Waals surface area contributed by atoms with Gasteiger partial charge in [0.1, 0.15) is 6.04 Å². The molecule has 0 unspecified atom stereocenters. The average Bonchev–Trinajstić information content (AvgIpc) is 3.10. The Labute approximate surface area is 147 Å². The molecular weight excluding hydrogens is 316 g/mol. The summed E-state index contributed by atoms with van der Waals surface area (Å²) >= 11 is 0. The number of nitrogens with two attached hydrogens (primary N) is 1. The first-order valence-corrected chi connectivity index (χ1v) is 8.69. The molecule has 1 aliphatic rings. The monoisotopic (exact) mass is 340 g/mol. The van der Waals surface area contributed by atoms with Gasteiger partial charge in [0.05, 0.1) is 11.6 Å². The lowest BCUT2D eigenvalue weighted by atomic mass is 10.0. The van der Waals surface area contributed by atoms with Crippen LogP contribution >= 0.6 is 0 Å². The summed E-state index contributed by atoms with van der Waals surface area (Å²) in [7, 11) is 0. The summed E-state index contributed by atoms with van der Waals surface area (Å²) in [6, 6.07) is 8.37. The molecule has 1 aliphatic heterocycles. The Hall–Kier alpha value is -2.47. The van der Waals surface area contributed by atoms with Crippen molar-refractivity contribution in [2.45, 2.75) is 38.8 Å². The van der Waals surface area contributed by atoms with E-state index in [2.05, 4.69) is 10.3 Å². The quantitative estimate of drug-likeness (QED) is 0.892. The lowest BCUT2D eigenvalue weighted by Gasteiger charge is -2.28. The van der Waals surface area contributed by atoms with Crippen molar-refractivity contribution in [2.24, 2.45) is 11.7 Å². The number of hydrogen-bond acceptors (Lipinski definition) is 4. The molecule has 2 heterocycles. The molecule has 1 saturated heterocycles. The number of rotatable bonds is 4. The molecule has 1 aromatic carbocycles. The van der Waals surface area contributed by atoms with Crippen LogP contribution in [0, 0.1) is 5.92 Å². The molecule has 0 aliphatic carbocycles. The molecule has 0 radical (unpaired) electrons. The maximum atomic E-state index is 12.7. The first-order valence-electron chi connectivity index (χ1n) is 8.69. The fraction of sp³-hybridized carbons (Fsp3) is 0.421. The number of hydrogen-bond donors (Lipinski definition) is 2. The maximum Gasteiger partial charge on any atom is 0.247 e. The predicted octanol–water partition coefficient (Wildman–Crippen LogP) is 2.15. The number of carbonyl (C=O) groups excluding carboxylic acids is 2. The second kappa shape index (κ2) is 7.19. The molecule has 1 fully saturated rings. The average molecular weight is 340 g/mol. The minimum absolute atomic E-state index is 0.0461. The normalized spacial score (nSPS) is 18.6. The summed E-state index contributed by atoms with van der Waals surface area (Å²) in [5.41, 5.74) is 7.57. The van der Waals surface area contributed by atoms with Gasteiger partial charge in [-0.2, -0.15) is 0 Å². The Morgan fingerprint density at radius 2 is 2.12 bits per heavy atom. The van der Waals surface area contributed by atoms with E-state index in [-0.39, 0.29) is 17.7 Å². The molecule has 2 aromatic rings. The van der Waals surface area contributed by atoms with E-state index < -0.39 is 12.1 Å². The summed E-state index contributed by atoms with van der Waals surface area (Å²) in [4.78, 5) is 31.1. The first-order chi connectivity index (χ1) is 12.0.